The smallest absolute Gasteiger partial charge is 0.0704 e. The van der Waals surface area contributed by atoms with E-state index in [4.69, 9.17) is 0 Å². The van der Waals surface area contributed by atoms with Crippen LogP contribution in [0.4, 0.5) is 0 Å². The number of rotatable bonds is 2. The summed E-state index contributed by atoms with van der Waals surface area (Å²) in [6, 6.07) is 11.0. The minimum Gasteiger partial charge on any atom is -0.308 e. The van der Waals surface area contributed by atoms with Crippen molar-refractivity contribution in [3.05, 3.63) is 59.5 Å². The van der Waals surface area contributed by atoms with Crippen LogP contribution in [0.15, 0.2) is 42.7 Å². The van der Waals surface area contributed by atoms with Gasteiger partial charge in [-0.15, -0.1) is 0 Å². The molecule has 0 bridgehead atoms. The van der Waals surface area contributed by atoms with Crippen molar-refractivity contribution in [2.24, 2.45) is 7.05 Å². The van der Waals surface area contributed by atoms with Crippen LogP contribution in [-0.4, -0.2) is 21.3 Å². The van der Waals surface area contributed by atoms with Gasteiger partial charge >= 0.3 is 0 Å². The molecule has 3 heterocycles. The number of pyridine rings is 1. The molecule has 106 valence electrons. The molecule has 1 aromatic carbocycles. The first kappa shape index (κ1) is 12.5. The van der Waals surface area contributed by atoms with Gasteiger partial charge in [0.1, 0.15) is 0 Å². The number of benzene rings is 1. The van der Waals surface area contributed by atoms with Crippen molar-refractivity contribution in [3.63, 3.8) is 0 Å². The zero-order valence-electron chi connectivity index (χ0n) is 12.1. The van der Waals surface area contributed by atoms with Crippen LogP contribution in [-0.2, 0) is 19.9 Å². The third-order valence-electron chi connectivity index (χ3n) is 4.29. The Morgan fingerprint density at radius 1 is 1.33 bits per heavy atom. The van der Waals surface area contributed by atoms with Crippen molar-refractivity contribution >= 4 is 10.9 Å². The molecule has 3 aromatic rings. The highest BCUT2D eigenvalue weighted by Crippen LogP contribution is 2.26. The van der Waals surface area contributed by atoms with E-state index in [1.54, 1.807) is 0 Å². The maximum absolute atomic E-state index is 4.45. The molecular weight excluding hydrogens is 260 g/mol. The minimum atomic E-state index is 0.336. The summed E-state index contributed by atoms with van der Waals surface area (Å²) in [6.07, 6.45) is 5.90. The van der Waals surface area contributed by atoms with Crippen LogP contribution in [0.5, 0.6) is 0 Å². The molecule has 4 nitrogen and oxygen atoms in total. The first-order chi connectivity index (χ1) is 10.3. The average Bonchev–Trinajstić information content (AvgIpc) is 2.90. The number of nitrogens with zero attached hydrogens (tertiary/aromatic N) is 3. The third kappa shape index (κ3) is 2.21. The largest absolute Gasteiger partial charge is 0.308 e. The fourth-order valence-electron chi connectivity index (χ4n) is 3.26. The molecule has 21 heavy (non-hydrogen) atoms. The summed E-state index contributed by atoms with van der Waals surface area (Å²) < 4.78 is 2.01. The molecule has 4 heteroatoms. The van der Waals surface area contributed by atoms with E-state index in [1.807, 2.05) is 30.2 Å². The van der Waals surface area contributed by atoms with Gasteiger partial charge in [0, 0.05) is 18.6 Å². The molecule has 0 spiro atoms. The third-order valence-corrected chi connectivity index (χ3v) is 4.29. The lowest BCUT2D eigenvalue weighted by Crippen LogP contribution is -2.32. The zero-order valence-corrected chi connectivity index (χ0v) is 12.1. The van der Waals surface area contributed by atoms with E-state index < -0.39 is 0 Å². The van der Waals surface area contributed by atoms with Crippen molar-refractivity contribution in [2.75, 3.05) is 6.54 Å². The standard InChI is InChI=1S/C17H18N4/c1-21-17-14(11-20-21)6-8-19-16(17)10-12-4-5-13-3-2-7-18-15(13)9-12/h2-5,7,9,11,16,19H,6,8,10H2,1H3. The highest BCUT2D eigenvalue weighted by Gasteiger charge is 2.23. The van der Waals surface area contributed by atoms with E-state index in [1.165, 1.54) is 22.2 Å². The van der Waals surface area contributed by atoms with E-state index in [2.05, 4.69) is 39.7 Å². The lowest BCUT2D eigenvalue weighted by atomic mass is 9.95. The summed E-state index contributed by atoms with van der Waals surface area (Å²) in [5, 5.41) is 9.22. The summed E-state index contributed by atoms with van der Waals surface area (Å²) in [4.78, 5) is 4.45. The summed E-state index contributed by atoms with van der Waals surface area (Å²) in [5.41, 5.74) is 5.08. The van der Waals surface area contributed by atoms with Crippen LogP contribution in [0.25, 0.3) is 10.9 Å². The highest BCUT2D eigenvalue weighted by atomic mass is 15.3. The fraction of sp³-hybridized carbons (Fsp3) is 0.294. The number of aromatic nitrogens is 3. The van der Waals surface area contributed by atoms with Crippen LogP contribution < -0.4 is 5.32 Å². The van der Waals surface area contributed by atoms with Gasteiger partial charge in [-0.3, -0.25) is 9.67 Å². The van der Waals surface area contributed by atoms with E-state index in [0.717, 1.165) is 24.9 Å². The van der Waals surface area contributed by atoms with E-state index in [0.29, 0.717) is 6.04 Å². The Labute approximate surface area is 123 Å². The quantitative estimate of drug-likeness (QED) is 0.782. The van der Waals surface area contributed by atoms with Gasteiger partial charge in [-0.05, 0) is 42.6 Å². The van der Waals surface area contributed by atoms with Crippen molar-refractivity contribution in [2.45, 2.75) is 18.9 Å². The van der Waals surface area contributed by atoms with Crippen LogP contribution in [0, 0.1) is 0 Å². The predicted octanol–water partition coefficient (Wildman–Crippen LogP) is 2.40. The SMILES string of the molecule is Cn1ncc2c1C(Cc1ccc3cccnc3c1)NCC2. The maximum Gasteiger partial charge on any atom is 0.0704 e. The number of fused-ring (bicyclic) bond motifs is 2. The normalized spacial score (nSPS) is 17.9. The second kappa shape index (κ2) is 4.97. The van der Waals surface area contributed by atoms with Gasteiger partial charge < -0.3 is 5.32 Å². The van der Waals surface area contributed by atoms with Gasteiger partial charge in [0.2, 0.25) is 0 Å². The van der Waals surface area contributed by atoms with Gasteiger partial charge in [0.15, 0.2) is 0 Å². The number of nitrogens with one attached hydrogen (secondary N) is 1. The number of hydrogen-bond donors (Lipinski definition) is 1. The lowest BCUT2D eigenvalue weighted by Gasteiger charge is -2.25. The molecule has 0 fully saturated rings. The molecular formula is C17H18N4. The Kier molecular flexibility index (Phi) is 2.97. The minimum absolute atomic E-state index is 0.336. The van der Waals surface area contributed by atoms with Crippen molar-refractivity contribution in [3.8, 4) is 0 Å². The molecule has 0 saturated heterocycles. The Morgan fingerprint density at radius 3 is 3.24 bits per heavy atom. The Bertz CT molecular complexity index is 790. The summed E-state index contributed by atoms with van der Waals surface area (Å²) in [5.74, 6) is 0. The molecule has 1 N–H and O–H groups in total. The lowest BCUT2D eigenvalue weighted by molar-refractivity contribution is 0.469. The van der Waals surface area contributed by atoms with Crippen LogP contribution in [0.2, 0.25) is 0 Å². The summed E-state index contributed by atoms with van der Waals surface area (Å²) >= 11 is 0. The molecule has 1 unspecified atom stereocenters. The van der Waals surface area contributed by atoms with E-state index in [-0.39, 0.29) is 0 Å². The number of hydrogen-bond acceptors (Lipinski definition) is 3. The fourth-order valence-corrected chi connectivity index (χ4v) is 3.26. The Morgan fingerprint density at radius 2 is 2.29 bits per heavy atom. The van der Waals surface area contributed by atoms with Gasteiger partial charge in [-0.25, -0.2) is 0 Å². The van der Waals surface area contributed by atoms with Gasteiger partial charge in [-0.1, -0.05) is 18.2 Å². The van der Waals surface area contributed by atoms with Crippen molar-refractivity contribution < 1.29 is 0 Å². The molecule has 0 aliphatic carbocycles. The summed E-state index contributed by atoms with van der Waals surface area (Å²) in [6.45, 7) is 1.02. The van der Waals surface area contributed by atoms with Crippen LogP contribution in [0.3, 0.4) is 0 Å². The van der Waals surface area contributed by atoms with Crippen molar-refractivity contribution in [1.29, 1.82) is 0 Å². The molecule has 4 rings (SSSR count). The van der Waals surface area contributed by atoms with Crippen LogP contribution in [0.1, 0.15) is 22.9 Å². The molecule has 0 radical (unpaired) electrons. The first-order valence-corrected chi connectivity index (χ1v) is 7.39. The molecule has 2 aromatic heterocycles. The predicted molar refractivity (Wildman–Crippen MR) is 83.1 cm³/mol. The maximum atomic E-state index is 4.45. The number of aryl methyl sites for hydroxylation is 1. The van der Waals surface area contributed by atoms with E-state index >= 15 is 0 Å². The van der Waals surface area contributed by atoms with Gasteiger partial charge in [0.25, 0.3) is 0 Å². The second-order valence-corrected chi connectivity index (χ2v) is 5.67. The molecule has 1 atom stereocenters. The Balaban J connectivity index is 1.67. The Hall–Kier alpha value is -2.20. The summed E-state index contributed by atoms with van der Waals surface area (Å²) in [7, 11) is 2.03. The zero-order chi connectivity index (χ0) is 14.2. The topological polar surface area (TPSA) is 42.7 Å². The van der Waals surface area contributed by atoms with E-state index in [9.17, 15) is 0 Å². The van der Waals surface area contributed by atoms with Gasteiger partial charge in [-0.2, -0.15) is 5.10 Å². The highest BCUT2D eigenvalue weighted by molar-refractivity contribution is 5.78. The molecule has 1 aliphatic rings. The average molecular weight is 278 g/mol. The monoisotopic (exact) mass is 278 g/mol. The van der Waals surface area contributed by atoms with Gasteiger partial charge in [0.05, 0.1) is 23.4 Å². The second-order valence-electron chi connectivity index (χ2n) is 5.67. The van der Waals surface area contributed by atoms with Crippen LogP contribution >= 0.6 is 0 Å². The molecule has 1 aliphatic heterocycles. The first-order valence-electron chi connectivity index (χ1n) is 7.39. The molecule has 0 saturated carbocycles. The molecule has 0 amide bonds. The van der Waals surface area contributed by atoms with Crippen molar-refractivity contribution in [1.82, 2.24) is 20.1 Å².